The summed E-state index contributed by atoms with van der Waals surface area (Å²) in [6, 6.07) is 3.01. The first-order valence-electron chi connectivity index (χ1n) is 7.10. The van der Waals surface area contributed by atoms with Crippen LogP contribution < -0.4 is 10.2 Å². The molecule has 1 aromatic carbocycles. The van der Waals surface area contributed by atoms with Crippen LogP contribution in [0.5, 0.6) is 0 Å². The molecule has 1 N–H and O–H groups in total. The van der Waals surface area contributed by atoms with Crippen molar-refractivity contribution in [3.05, 3.63) is 29.8 Å². The van der Waals surface area contributed by atoms with E-state index in [0.29, 0.717) is 12.8 Å². The van der Waals surface area contributed by atoms with Gasteiger partial charge in [0.1, 0.15) is 17.2 Å². The van der Waals surface area contributed by atoms with Crippen molar-refractivity contribution in [1.82, 2.24) is 5.32 Å². The van der Waals surface area contributed by atoms with E-state index in [1.54, 1.807) is 0 Å². The molecule has 1 aliphatic heterocycles. The van der Waals surface area contributed by atoms with Crippen LogP contribution in [0.2, 0.25) is 0 Å². The van der Waals surface area contributed by atoms with Crippen molar-refractivity contribution in [2.75, 3.05) is 11.4 Å². The van der Waals surface area contributed by atoms with Crippen LogP contribution in [0.15, 0.2) is 18.2 Å². The first kappa shape index (κ1) is 14.0. The van der Waals surface area contributed by atoms with Crippen molar-refractivity contribution in [1.29, 1.82) is 0 Å². The highest BCUT2D eigenvalue weighted by Crippen LogP contribution is 2.35. The molecule has 1 saturated carbocycles. The normalized spacial score (nSPS) is 21.5. The molecule has 112 valence electrons. The van der Waals surface area contributed by atoms with Crippen molar-refractivity contribution in [3.8, 4) is 0 Å². The third kappa shape index (κ3) is 2.39. The minimum absolute atomic E-state index is 0.0623. The molecule has 2 fully saturated rings. The molecule has 21 heavy (non-hydrogen) atoms. The molecule has 1 heterocycles. The fourth-order valence-corrected chi connectivity index (χ4v) is 3.20. The summed E-state index contributed by atoms with van der Waals surface area (Å²) < 4.78 is 27.4. The molecule has 0 bridgehead atoms. The van der Waals surface area contributed by atoms with Crippen LogP contribution >= 0.6 is 0 Å². The molecule has 1 aliphatic carbocycles. The van der Waals surface area contributed by atoms with Gasteiger partial charge in [-0.05, 0) is 25.0 Å². The van der Waals surface area contributed by atoms with Crippen LogP contribution in [-0.2, 0) is 9.59 Å². The van der Waals surface area contributed by atoms with Gasteiger partial charge in [0.2, 0.25) is 5.91 Å². The lowest BCUT2D eigenvalue weighted by Crippen LogP contribution is -2.55. The van der Waals surface area contributed by atoms with Gasteiger partial charge in [0.25, 0.3) is 5.91 Å². The summed E-state index contributed by atoms with van der Waals surface area (Å²) in [5.41, 5.74) is -1.05. The zero-order chi connectivity index (χ0) is 15.0. The van der Waals surface area contributed by atoms with Crippen molar-refractivity contribution in [2.45, 2.75) is 37.6 Å². The van der Waals surface area contributed by atoms with E-state index in [4.69, 9.17) is 0 Å². The van der Waals surface area contributed by atoms with E-state index in [1.807, 2.05) is 0 Å². The smallest absolute Gasteiger partial charge is 0.252 e. The molecule has 1 spiro atoms. The van der Waals surface area contributed by atoms with Gasteiger partial charge in [-0.25, -0.2) is 8.78 Å². The van der Waals surface area contributed by atoms with E-state index < -0.39 is 17.2 Å². The number of amides is 2. The van der Waals surface area contributed by atoms with Gasteiger partial charge >= 0.3 is 0 Å². The first-order chi connectivity index (χ1) is 10.0. The summed E-state index contributed by atoms with van der Waals surface area (Å²) in [6.07, 6.45) is 2.86. The first-order valence-corrected chi connectivity index (χ1v) is 7.10. The van der Waals surface area contributed by atoms with E-state index in [9.17, 15) is 18.4 Å². The Kier molecular flexibility index (Phi) is 3.39. The molecular formula is C15H16F2N2O2. The van der Waals surface area contributed by atoms with Crippen molar-refractivity contribution in [3.63, 3.8) is 0 Å². The lowest BCUT2D eigenvalue weighted by atomic mass is 9.95. The van der Waals surface area contributed by atoms with Crippen LogP contribution in [-0.4, -0.2) is 23.9 Å². The Bertz CT molecular complexity index is 597. The number of benzene rings is 1. The van der Waals surface area contributed by atoms with E-state index in [1.165, 1.54) is 4.90 Å². The summed E-state index contributed by atoms with van der Waals surface area (Å²) in [5, 5.41) is 2.79. The van der Waals surface area contributed by atoms with Gasteiger partial charge in [0.15, 0.2) is 0 Å². The Balaban J connectivity index is 2.02. The number of nitrogens with zero attached hydrogens (tertiary/aromatic N) is 1. The van der Waals surface area contributed by atoms with Gasteiger partial charge in [0.05, 0.1) is 5.69 Å². The van der Waals surface area contributed by atoms with E-state index in [-0.39, 0.29) is 30.5 Å². The number of carbonyl (C=O) groups is 2. The maximum absolute atomic E-state index is 14.0. The summed E-state index contributed by atoms with van der Waals surface area (Å²) in [7, 11) is 0. The fourth-order valence-electron chi connectivity index (χ4n) is 3.20. The van der Waals surface area contributed by atoms with Gasteiger partial charge in [-0.2, -0.15) is 0 Å². The second-order valence-corrected chi connectivity index (χ2v) is 5.64. The van der Waals surface area contributed by atoms with Gasteiger partial charge in [-0.1, -0.05) is 12.8 Å². The second-order valence-electron chi connectivity index (χ2n) is 5.64. The average molecular weight is 294 g/mol. The second kappa shape index (κ2) is 5.09. The fraction of sp³-hybridized carbons (Fsp3) is 0.467. The SMILES string of the molecule is O=C1CCN(c2cc(F)ccc2F)C(=O)C2(CCCC2)N1. The van der Waals surface area contributed by atoms with Gasteiger partial charge in [-0.15, -0.1) is 0 Å². The van der Waals surface area contributed by atoms with Gasteiger partial charge in [0, 0.05) is 19.0 Å². The van der Waals surface area contributed by atoms with E-state index in [2.05, 4.69) is 5.32 Å². The number of carbonyl (C=O) groups excluding carboxylic acids is 2. The van der Waals surface area contributed by atoms with Crippen LogP contribution in [0.1, 0.15) is 32.1 Å². The summed E-state index contributed by atoms with van der Waals surface area (Å²) in [6.45, 7) is 0.0623. The quantitative estimate of drug-likeness (QED) is 0.862. The van der Waals surface area contributed by atoms with Crippen molar-refractivity contribution < 1.29 is 18.4 Å². The molecule has 0 unspecified atom stereocenters. The number of rotatable bonds is 1. The Morgan fingerprint density at radius 1 is 1.14 bits per heavy atom. The van der Waals surface area contributed by atoms with Crippen molar-refractivity contribution in [2.24, 2.45) is 0 Å². The van der Waals surface area contributed by atoms with Crippen LogP contribution in [0, 0.1) is 11.6 Å². The third-order valence-corrected chi connectivity index (χ3v) is 4.25. The van der Waals surface area contributed by atoms with Gasteiger partial charge < -0.3 is 10.2 Å². The molecule has 1 aromatic rings. The monoisotopic (exact) mass is 294 g/mol. The standard InChI is InChI=1S/C15H16F2N2O2/c16-10-3-4-11(17)12(9-10)19-8-5-13(20)18-15(14(19)21)6-1-2-7-15/h3-4,9H,1-2,5-8H2,(H,18,20). The Hall–Kier alpha value is -1.98. The highest BCUT2D eigenvalue weighted by Gasteiger charge is 2.47. The molecule has 0 atom stereocenters. The number of nitrogens with one attached hydrogen (secondary N) is 1. The molecule has 3 rings (SSSR count). The lowest BCUT2D eigenvalue weighted by Gasteiger charge is -2.31. The highest BCUT2D eigenvalue weighted by atomic mass is 19.1. The highest BCUT2D eigenvalue weighted by molar-refractivity contribution is 6.04. The van der Waals surface area contributed by atoms with E-state index >= 15 is 0 Å². The number of halogens is 2. The number of anilines is 1. The topological polar surface area (TPSA) is 49.4 Å². The average Bonchev–Trinajstić information content (AvgIpc) is 2.87. The molecule has 0 radical (unpaired) electrons. The lowest BCUT2D eigenvalue weighted by molar-refractivity contribution is -0.129. The predicted octanol–water partition coefficient (Wildman–Crippen LogP) is 2.13. The van der Waals surface area contributed by atoms with Crippen LogP contribution in [0.4, 0.5) is 14.5 Å². The summed E-state index contributed by atoms with van der Waals surface area (Å²) in [4.78, 5) is 25.9. The summed E-state index contributed by atoms with van der Waals surface area (Å²) in [5.74, 6) is -1.82. The maximum Gasteiger partial charge on any atom is 0.252 e. The molecule has 2 aliphatic rings. The molecule has 0 aromatic heterocycles. The molecule has 2 amide bonds. The molecule has 1 saturated heterocycles. The number of hydrogen-bond acceptors (Lipinski definition) is 2. The minimum Gasteiger partial charge on any atom is -0.342 e. The van der Waals surface area contributed by atoms with Gasteiger partial charge in [-0.3, -0.25) is 9.59 Å². The van der Waals surface area contributed by atoms with Crippen molar-refractivity contribution >= 4 is 17.5 Å². The Morgan fingerprint density at radius 3 is 2.57 bits per heavy atom. The molecule has 4 nitrogen and oxygen atoms in total. The summed E-state index contributed by atoms with van der Waals surface area (Å²) >= 11 is 0. The minimum atomic E-state index is -0.952. The third-order valence-electron chi connectivity index (χ3n) is 4.25. The Morgan fingerprint density at radius 2 is 1.86 bits per heavy atom. The largest absolute Gasteiger partial charge is 0.342 e. The zero-order valence-corrected chi connectivity index (χ0v) is 11.5. The maximum atomic E-state index is 14.0. The van der Waals surface area contributed by atoms with Crippen LogP contribution in [0.3, 0.4) is 0 Å². The zero-order valence-electron chi connectivity index (χ0n) is 11.5. The number of hydrogen-bond donors (Lipinski definition) is 1. The predicted molar refractivity (Wildman–Crippen MR) is 72.7 cm³/mol. The Labute approximate surface area is 121 Å². The van der Waals surface area contributed by atoms with Crippen LogP contribution in [0.25, 0.3) is 0 Å². The molecule has 6 heteroatoms. The molecular weight excluding hydrogens is 278 g/mol. The van der Waals surface area contributed by atoms with E-state index in [0.717, 1.165) is 31.0 Å².